The summed E-state index contributed by atoms with van der Waals surface area (Å²) in [5.74, 6) is 0.604. The summed E-state index contributed by atoms with van der Waals surface area (Å²) in [4.78, 5) is 18.9. The van der Waals surface area contributed by atoms with Gasteiger partial charge >= 0.3 is 0 Å². The zero-order chi connectivity index (χ0) is 15.2. The molecule has 1 N–H and O–H groups in total. The van der Waals surface area contributed by atoms with E-state index in [4.69, 9.17) is 0 Å². The summed E-state index contributed by atoms with van der Waals surface area (Å²) in [6.45, 7) is 4.64. The first-order valence-corrected chi connectivity index (χ1v) is 7.11. The molecule has 0 unspecified atom stereocenters. The Morgan fingerprint density at radius 3 is 2.52 bits per heavy atom. The van der Waals surface area contributed by atoms with Gasteiger partial charge in [-0.15, -0.1) is 0 Å². The van der Waals surface area contributed by atoms with Crippen LogP contribution in [0.4, 0.5) is 5.82 Å². The van der Waals surface area contributed by atoms with Crippen LogP contribution in [-0.2, 0) is 6.54 Å². The van der Waals surface area contributed by atoms with Gasteiger partial charge < -0.3 is 10.2 Å². The largest absolute Gasteiger partial charge is 0.372 e. The minimum absolute atomic E-state index is 0.00805. The van der Waals surface area contributed by atoms with Crippen molar-refractivity contribution in [2.45, 2.75) is 26.4 Å². The lowest BCUT2D eigenvalue weighted by atomic mass is 10.1. The molecule has 2 aromatic rings. The smallest absolute Gasteiger partial charge is 0.258 e. The SMILES string of the molecule is CNc1ncccc1C(=O)N(Cc1ccccc1)C(C)C. The molecule has 0 fully saturated rings. The monoisotopic (exact) mass is 283 g/mol. The molecule has 1 aromatic heterocycles. The fourth-order valence-electron chi connectivity index (χ4n) is 2.20. The standard InChI is InChI=1S/C17H21N3O/c1-13(2)20(12-14-8-5-4-6-9-14)17(21)15-10-7-11-19-16(15)18-3/h4-11,13H,12H2,1-3H3,(H,18,19). The van der Waals surface area contributed by atoms with Crippen LogP contribution in [0.2, 0.25) is 0 Å². The molecule has 0 aliphatic rings. The van der Waals surface area contributed by atoms with Gasteiger partial charge in [-0.3, -0.25) is 4.79 Å². The molecule has 4 nitrogen and oxygen atoms in total. The molecule has 0 atom stereocenters. The molecule has 0 saturated heterocycles. The van der Waals surface area contributed by atoms with Crippen LogP contribution < -0.4 is 5.32 Å². The second-order valence-electron chi connectivity index (χ2n) is 5.16. The number of aromatic nitrogens is 1. The van der Waals surface area contributed by atoms with Gasteiger partial charge in [0.2, 0.25) is 0 Å². The highest BCUT2D eigenvalue weighted by molar-refractivity contribution is 5.98. The predicted molar refractivity (Wildman–Crippen MR) is 85.2 cm³/mol. The van der Waals surface area contributed by atoms with Crippen molar-refractivity contribution in [2.75, 3.05) is 12.4 Å². The lowest BCUT2D eigenvalue weighted by Crippen LogP contribution is -2.36. The Hall–Kier alpha value is -2.36. The van der Waals surface area contributed by atoms with Gasteiger partial charge in [-0.25, -0.2) is 4.98 Å². The first-order chi connectivity index (χ1) is 10.1. The maximum absolute atomic E-state index is 12.8. The zero-order valence-electron chi connectivity index (χ0n) is 12.7. The molecule has 110 valence electrons. The van der Waals surface area contributed by atoms with Crippen LogP contribution in [-0.4, -0.2) is 28.9 Å². The number of hydrogen-bond donors (Lipinski definition) is 1. The van der Waals surface area contributed by atoms with Crippen molar-refractivity contribution < 1.29 is 4.79 Å². The number of carbonyl (C=O) groups excluding carboxylic acids is 1. The Kier molecular flexibility index (Phi) is 4.93. The second-order valence-corrected chi connectivity index (χ2v) is 5.16. The van der Waals surface area contributed by atoms with Crippen LogP contribution in [0.1, 0.15) is 29.8 Å². The molecule has 0 bridgehead atoms. The van der Waals surface area contributed by atoms with Crippen LogP contribution >= 0.6 is 0 Å². The van der Waals surface area contributed by atoms with Crippen LogP contribution in [0, 0.1) is 0 Å². The van der Waals surface area contributed by atoms with Gasteiger partial charge in [0, 0.05) is 25.8 Å². The van der Waals surface area contributed by atoms with Crippen molar-refractivity contribution in [3.63, 3.8) is 0 Å². The predicted octanol–water partition coefficient (Wildman–Crippen LogP) is 3.17. The third kappa shape index (κ3) is 3.60. The fourth-order valence-corrected chi connectivity index (χ4v) is 2.20. The first-order valence-electron chi connectivity index (χ1n) is 7.11. The van der Waals surface area contributed by atoms with E-state index in [1.807, 2.05) is 55.1 Å². The van der Waals surface area contributed by atoms with E-state index < -0.39 is 0 Å². The van der Waals surface area contributed by atoms with Gasteiger partial charge in [-0.05, 0) is 31.5 Å². The number of benzene rings is 1. The molecule has 0 aliphatic heterocycles. The van der Waals surface area contributed by atoms with Crippen molar-refractivity contribution in [3.05, 3.63) is 59.8 Å². The quantitative estimate of drug-likeness (QED) is 0.916. The zero-order valence-corrected chi connectivity index (χ0v) is 12.7. The molecule has 0 radical (unpaired) electrons. The summed E-state index contributed by atoms with van der Waals surface area (Å²) in [5.41, 5.74) is 1.72. The summed E-state index contributed by atoms with van der Waals surface area (Å²) < 4.78 is 0. The topological polar surface area (TPSA) is 45.2 Å². The number of carbonyl (C=O) groups is 1. The number of amides is 1. The lowest BCUT2D eigenvalue weighted by Gasteiger charge is -2.27. The van der Waals surface area contributed by atoms with E-state index in [9.17, 15) is 4.79 Å². The summed E-state index contributed by atoms with van der Waals surface area (Å²) >= 11 is 0. The van der Waals surface area contributed by atoms with Gasteiger partial charge in [0.15, 0.2) is 0 Å². The van der Waals surface area contributed by atoms with Gasteiger partial charge in [-0.1, -0.05) is 30.3 Å². The normalized spacial score (nSPS) is 10.5. The second kappa shape index (κ2) is 6.88. The molecule has 0 saturated carbocycles. The van der Waals surface area contributed by atoms with E-state index >= 15 is 0 Å². The molecule has 0 spiro atoms. The van der Waals surface area contributed by atoms with Gasteiger partial charge in [-0.2, -0.15) is 0 Å². The van der Waals surface area contributed by atoms with Crippen LogP contribution in [0.25, 0.3) is 0 Å². The van der Waals surface area contributed by atoms with Gasteiger partial charge in [0.05, 0.1) is 5.56 Å². The average Bonchev–Trinajstić information content (AvgIpc) is 2.52. The number of hydrogen-bond acceptors (Lipinski definition) is 3. The summed E-state index contributed by atoms with van der Waals surface area (Å²) in [7, 11) is 1.77. The average molecular weight is 283 g/mol. The number of nitrogens with zero attached hydrogens (tertiary/aromatic N) is 2. The number of nitrogens with one attached hydrogen (secondary N) is 1. The van der Waals surface area contributed by atoms with E-state index in [1.54, 1.807) is 19.3 Å². The van der Waals surface area contributed by atoms with E-state index in [1.165, 1.54) is 0 Å². The molecule has 1 amide bonds. The lowest BCUT2D eigenvalue weighted by molar-refractivity contribution is 0.0691. The number of pyridine rings is 1. The summed E-state index contributed by atoms with van der Waals surface area (Å²) in [6, 6.07) is 13.7. The third-order valence-electron chi connectivity index (χ3n) is 3.35. The highest BCUT2D eigenvalue weighted by Crippen LogP contribution is 2.17. The fraction of sp³-hybridized carbons (Fsp3) is 0.294. The van der Waals surface area contributed by atoms with Crippen molar-refractivity contribution in [1.82, 2.24) is 9.88 Å². The molecular formula is C17H21N3O. The molecule has 1 aromatic carbocycles. The van der Waals surface area contributed by atoms with Crippen LogP contribution in [0.3, 0.4) is 0 Å². The molecule has 21 heavy (non-hydrogen) atoms. The van der Waals surface area contributed by atoms with E-state index in [0.29, 0.717) is 17.9 Å². The highest BCUT2D eigenvalue weighted by atomic mass is 16.2. The Morgan fingerprint density at radius 2 is 1.90 bits per heavy atom. The third-order valence-corrected chi connectivity index (χ3v) is 3.35. The summed E-state index contributed by atoms with van der Waals surface area (Å²) in [6.07, 6.45) is 1.68. The van der Waals surface area contributed by atoms with Crippen LogP contribution in [0.15, 0.2) is 48.7 Å². The minimum Gasteiger partial charge on any atom is -0.372 e. The molecule has 1 heterocycles. The number of rotatable bonds is 5. The first kappa shape index (κ1) is 15.0. The van der Waals surface area contributed by atoms with Gasteiger partial charge in [0.25, 0.3) is 5.91 Å². The molecule has 4 heteroatoms. The van der Waals surface area contributed by atoms with Gasteiger partial charge in [0.1, 0.15) is 5.82 Å². The Labute approximate surface area is 125 Å². The maximum Gasteiger partial charge on any atom is 0.258 e. The molecular weight excluding hydrogens is 262 g/mol. The Bertz CT molecular complexity index is 596. The molecule has 0 aliphatic carbocycles. The number of anilines is 1. The van der Waals surface area contributed by atoms with Crippen molar-refractivity contribution in [1.29, 1.82) is 0 Å². The van der Waals surface area contributed by atoms with Crippen molar-refractivity contribution in [3.8, 4) is 0 Å². The highest BCUT2D eigenvalue weighted by Gasteiger charge is 2.21. The van der Waals surface area contributed by atoms with Crippen molar-refractivity contribution in [2.24, 2.45) is 0 Å². The maximum atomic E-state index is 12.8. The Balaban J connectivity index is 2.28. The van der Waals surface area contributed by atoms with Crippen LogP contribution in [0.5, 0.6) is 0 Å². The minimum atomic E-state index is -0.00805. The van der Waals surface area contributed by atoms with E-state index in [-0.39, 0.29) is 11.9 Å². The van der Waals surface area contributed by atoms with E-state index in [2.05, 4.69) is 10.3 Å². The summed E-state index contributed by atoms with van der Waals surface area (Å²) in [5, 5.41) is 2.98. The Morgan fingerprint density at radius 1 is 1.19 bits per heavy atom. The van der Waals surface area contributed by atoms with E-state index in [0.717, 1.165) is 5.56 Å². The van der Waals surface area contributed by atoms with Crippen molar-refractivity contribution >= 4 is 11.7 Å². The molecule has 2 rings (SSSR count).